The molecule has 2 aromatic rings. The normalized spacial score (nSPS) is 17.0. The first-order valence-electron chi connectivity index (χ1n) is 15.2. The number of sulfonamides is 1. The van der Waals surface area contributed by atoms with Gasteiger partial charge in [0.25, 0.3) is 15.9 Å². The van der Waals surface area contributed by atoms with Crippen LogP contribution < -0.4 is 20.3 Å². The molecular formula is C32H46N4O4S. The smallest absolute Gasteiger partial charge is 0.264 e. The first-order valence-corrected chi connectivity index (χ1v) is 16.6. The van der Waals surface area contributed by atoms with Crippen molar-refractivity contribution >= 4 is 33.2 Å². The van der Waals surface area contributed by atoms with Crippen molar-refractivity contribution in [2.45, 2.75) is 95.0 Å². The molecule has 224 valence electrons. The monoisotopic (exact) mass is 582 g/mol. The van der Waals surface area contributed by atoms with Gasteiger partial charge in [-0.2, -0.15) is 0 Å². The van der Waals surface area contributed by atoms with Gasteiger partial charge in [-0.25, -0.2) is 13.1 Å². The molecule has 2 aliphatic carbocycles. The maximum absolute atomic E-state index is 13.6. The van der Waals surface area contributed by atoms with Crippen molar-refractivity contribution in [3.05, 3.63) is 54.1 Å². The SMILES string of the molecule is CC(C)CCN(C)c1ccc(C(=O)NC(CC(=O)NS(=O)(=O)c2ccccc2)C2CCCCC2)cc1NC1CCC1. The number of carbonyl (C=O) groups is 2. The molecule has 2 fully saturated rings. The molecule has 0 heterocycles. The number of benzene rings is 2. The summed E-state index contributed by atoms with van der Waals surface area (Å²) >= 11 is 0. The molecule has 2 aliphatic rings. The molecule has 2 aromatic carbocycles. The van der Waals surface area contributed by atoms with Crippen LogP contribution in [0.3, 0.4) is 0 Å². The molecule has 0 radical (unpaired) electrons. The van der Waals surface area contributed by atoms with Gasteiger partial charge in [-0.15, -0.1) is 0 Å². The second-order valence-electron chi connectivity index (χ2n) is 12.1. The summed E-state index contributed by atoms with van der Waals surface area (Å²) < 4.78 is 27.7. The Morgan fingerprint density at radius 2 is 1.66 bits per heavy atom. The van der Waals surface area contributed by atoms with Crippen molar-refractivity contribution in [2.24, 2.45) is 11.8 Å². The van der Waals surface area contributed by atoms with Crippen LogP contribution in [0.4, 0.5) is 11.4 Å². The van der Waals surface area contributed by atoms with Gasteiger partial charge in [-0.1, -0.05) is 51.3 Å². The summed E-state index contributed by atoms with van der Waals surface area (Å²) in [6, 6.07) is 13.6. The van der Waals surface area contributed by atoms with E-state index in [-0.39, 0.29) is 23.1 Å². The molecule has 1 unspecified atom stereocenters. The minimum Gasteiger partial charge on any atom is -0.381 e. The number of nitrogens with one attached hydrogen (secondary N) is 3. The Morgan fingerprint density at radius 1 is 0.951 bits per heavy atom. The number of anilines is 2. The Balaban J connectivity index is 1.50. The van der Waals surface area contributed by atoms with Gasteiger partial charge in [0.2, 0.25) is 5.91 Å². The van der Waals surface area contributed by atoms with E-state index in [2.05, 4.69) is 41.2 Å². The van der Waals surface area contributed by atoms with E-state index in [4.69, 9.17) is 0 Å². The number of rotatable bonds is 13. The highest BCUT2D eigenvalue weighted by Gasteiger charge is 2.30. The fourth-order valence-electron chi connectivity index (χ4n) is 5.64. The average Bonchev–Trinajstić information content (AvgIpc) is 2.93. The van der Waals surface area contributed by atoms with Gasteiger partial charge in [-0.05, 0) is 80.7 Å². The van der Waals surface area contributed by atoms with E-state index in [1.807, 2.05) is 18.2 Å². The van der Waals surface area contributed by atoms with Gasteiger partial charge in [0.15, 0.2) is 0 Å². The van der Waals surface area contributed by atoms with Crippen molar-refractivity contribution in [1.29, 1.82) is 0 Å². The minimum atomic E-state index is -3.98. The van der Waals surface area contributed by atoms with Gasteiger partial charge in [0.1, 0.15) is 0 Å². The Hall–Kier alpha value is -3.07. The Kier molecular flexibility index (Phi) is 10.7. The van der Waals surface area contributed by atoms with E-state index in [1.54, 1.807) is 18.2 Å². The maximum Gasteiger partial charge on any atom is 0.264 e. The van der Waals surface area contributed by atoms with E-state index in [9.17, 15) is 18.0 Å². The zero-order valence-corrected chi connectivity index (χ0v) is 25.5. The van der Waals surface area contributed by atoms with Gasteiger partial charge in [-0.3, -0.25) is 9.59 Å². The van der Waals surface area contributed by atoms with Crippen LogP contribution in [0.15, 0.2) is 53.4 Å². The quantitative estimate of drug-likeness (QED) is 0.279. The van der Waals surface area contributed by atoms with Gasteiger partial charge in [0.05, 0.1) is 16.3 Å². The number of nitrogens with zero attached hydrogens (tertiary/aromatic N) is 1. The Bertz CT molecular complexity index is 1270. The lowest BCUT2D eigenvalue weighted by molar-refractivity contribution is -0.120. The summed E-state index contributed by atoms with van der Waals surface area (Å²) in [4.78, 5) is 28.9. The predicted octanol–water partition coefficient (Wildman–Crippen LogP) is 5.71. The molecule has 41 heavy (non-hydrogen) atoms. The predicted molar refractivity (Wildman–Crippen MR) is 165 cm³/mol. The van der Waals surface area contributed by atoms with Crippen LogP contribution in [0, 0.1) is 11.8 Å². The van der Waals surface area contributed by atoms with Gasteiger partial charge >= 0.3 is 0 Å². The summed E-state index contributed by atoms with van der Waals surface area (Å²) in [6.45, 7) is 5.36. The summed E-state index contributed by atoms with van der Waals surface area (Å²) in [5.74, 6) is -0.138. The number of amides is 2. The van der Waals surface area contributed by atoms with Crippen LogP contribution >= 0.6 is 0 Å². The number of carbonyl (C=O) groups excluding carboxylic acids is 2. The fraction of sp³-hybridized carbons (Fsp3) is 0.562. The topological polar surface area (TPSA) is 108 Å². The summed E-state index contributed by atoms with van der Waals surface area (Å²) in [6.07, 6.45) is 9.44. The van der Waals surface area contributed by atoms with Crippen molar-refractivity contribution in [3.8, 4) is 0 Å². The van der Waals surface area contributed by atoms with Crippen LogP contribution in [-0.2, 0) is 14.8 Å². The highest BCUT2D eigenvalue weighted by atomic mass is 32.2. The molecule has 0 bridgehead atoms. The van der Waals surface area contributed by atoms with E-state index in [1.165, 1.54) is 18.6 Å². The van der Waals surface area contributed by atoms with Crippen molar-refractivity contribution in [1.82, 2.24) is 10.0 Å². The number of hydrogen-bond acceptors (Lipinski definition) is 6. The highest BCUT2D eigenvalue weighted by molar-refractivity contribution is 7.90. The Morgan fingerprint density at radius 3 is 2.29 bits per heavy atom. The van der Waals surface area contributed by atoms with Gasteiger partial charge < -0.3 is 15.5 Å². The van der Waals surface area contributed by atoms with Crippen molar-refractivity contribution < 1.29 is 18.0 Å². The second-order valence-corrected chi connectivity index (χ2v) is 13.8. The van der Waals surface area contributed by atoms with Crippen LogP contribution in [-0.4, -0.2) is 45.9 Å². The molecule has 0 spiro atoms. The largest absolute Gasteiger partial charge is 0.381 e. The maximum atomic E-state index is 13.6. The zero-order chi connectivity index (χ0) is 29.4. The minimum absolute atomic E-state index is 0.0385. The van der Waals surface area contributed by atoms with Crippen LogP contribution in [0.2, 0.25) is 0 Å². The van der Waals surface area contributed by atoms with E-state index in [0.29, 0.717) is 17.5 Å². The fourth-order valence-corrected chi connectivity index (χ4v) is 6.66. The van der Waals surface area contributed by atoms with E-state index < -0.39 is 22.0 Å². The molecule has 9 heteroatoms. The third-order valence-electron chi connectivity index (χ3n) is 8.42. The summed E-state index contributed by atoms with van der Waals surface area (Å²) in [7, 11) is -1.89. The highest BCUT2D eigenvalue weighted by Crippen LogP contribution is 2.32. The van der Waals surface area contributed by atoms with Crippen molar-refractivity contribution in [3.63, 3.8) is 0 Å². The van der Waals surface area contributed by atoms with E-state index in [0.717, 1.165) is 69.3 Å². The molecule has 8 nitrogen and oxygen atoms in total. The summed E-state index contributed by atoms with van der Waals surface area (Å²) in [5.41, 5.74) is 2.56. The van der Waals surface area contributed by atoms with Crippen molar-refractivity contribution in [2.75, 3.05) is 23.8 Å². The number of hydrogen-bond donors (Lipinski definition) is 3. The first-order chi connectivity index (χ1) is 19.6. The third-order valence-corrected chi connectivity index (χ3v) is 9.81. The molecule has 3 N–H and O–H groups in total. The molecule has 4 rings (SSSR count). The standard InChI is InChI=1S/C32H46N4O4S/c1-23(2)19-20-36(3)30-18-17-25(21-29(30)33-26-13-10-14-26)32(38)34-28(24-11-6-4-7-12-24)22-31(37)35-41(39,40)27-15-8-5-9-16-27/h5,8-9,15-18,21,23-24,26,28,33H,4,6-7,10-14,19-20,22H2,1-3H3,(H,34,38)(H,35,37). The molecule has 0 aliphatic heterocycles. The summed E-state index contributed by atoms with van der Waals surface area (Å²) in [5, 5.41) is 6.77. The Labute approximate surface area is 245 Å². The van der Waals surface area contributed by atoms with Crippen LogP contribution in [0.5, 0.6) is 0 Å². The second kappa shape index (κ2) is 14.2. The average molecular weight is 583 g/mol. The lowest BCUT2D eigenvalue weighted by Crippen LogP contribution is -2.45. The molecule has 1 atom stereocenters. The van der Waals surface area contributed by atoms with Crippen LogP contribution in [0.25, 0.3) is 0 Å². The zero-order valence-electron chi connectivity index (χ0n) is 24.7. The lowest BCUT2D eigenvalue weighted by atomic mass is 9.82. The lowest BCUT2D eigenvalue weighted by Gasteiger charge is -2.32. The molecule has 2 amide bonds. The molecule has 0 aromatic heterocycles. The molecular weight excluding hydrogens is 536 g/mol. The first kappa shape index (κ1) is 30.9. The van der Waals surface area contributed by atoms with E-state index >= 15 is 0 Å². The third kappa shape index (κ3) is 8.71. The molecule has 0 saturated heterocycles. The molecule has 2 saturated carbocycles. The van der Waals surface area contributed by atoms with Gasteiger partial charge in [0, 0.05) is 37.7 Å². The van der Waals surface area contributed by atoms with Crippen LogP contribution in [0.1, 0.15) is 88.4 Å².